The number of nitrogens with zero attached hydrogens (tertiary/aromatic N) is 1. The molecule has 0 fully saturated rings. The fraction of sp³-hybridized carbons (Fsp3) is 0.133. The standard InChI is InChI=1S/C15H14N2O/c1-2-17-12-8-4-3-6-10(12)14-11(15(16)18)7-5-9-13(14)17/h3-9H,2H2,1H3,(H2,16,18). The van der Waals surface area contributed by atoms with Crippen molar-refractivity contribution in [1.82, 2.24) is 4.57 Å². The van der Waals surface area contributed by atoms with Crippen LogP contribution in [0.3, 0.4) is 0 Å². The van der Waals surface area contributed by atoms with Gasteiger partial charge in [-0.3, -0.25) is 4.79 Å². The summed E-state index contributed by atoms with van der Waals surface area (Å²) in [5, 5.41) is 2.05. The average molecular weight is 238 g/mol. The van der Waals surface area contributed by atoms with Crippen molar-refractivity contribution < 1.29 is 4.79 Å². The van der Waals surface area contributed by atoms with E-state index in [0.29, 0.717) is 5.56 Å². The van der Waals surface area contributed by atoms with Gasteiger partial charge in [0.15, 0.2) is 0 Å². The second-order valence-corrected chi connectivity index (χ2v) is 4.33. The lowest BCUT2D eigenvalue weighted by Crippen LogP contribution is -2.11. The van der Waals surface area contributed by atoms with Gasteiger partial charge in [0.2, 0.25) is 5.91 Å². The Labute approximate surface area is 105 Å². The van der Waals surface area contributed by atoms with Crippen LogP contribution in [-0.4, -0.2) is 10.5 Å². The number of aromatic nitrogens is 1. The van der Waals surface area contributed by atoms with Crippen molar-refractivity contribution >= 4 is 27.7 Å². The Morgan fingerprint density at radius 1 is 1.11 bits per heavy atom. The second kappa shape index (κ2) is 3.88. The Hall–Kier alpha value is -2.29. The highest BCUT2D eigenvalue weighted by Crippen LogP contribution is 2.31. The lowest BCUT2D eigenvalue weighted by atomic mass is 10.1. The molecule has 0 bridgehead atoms. The summed E-state index contributed by atoms with van der Waals surface area (Å²) in [6, 6.07) is 13.8. The van der Waals surface area contributed by atoms with Gasteiger partial charge in [-0.05, 0) is 25.1 Å². The van der Waals surface area contributed by atoms with Gasteiger partial charge >= 0.3 is 0 Å². The molecule has 0 radical (unpaired) electrons. The summed E-state index contributed by atoms with van der Waals surface area (Å²) < 4.78 is 2.21. The Morgan fingerprint density at radius 3 is 2.56 bits per heavy atom. The number of fused-ring (bicyclic) bond motifs is 3. The number of para-hydroxylation sites is 1. The molecule has 0 aliphatic rings. The summed E-state index contributed by atoms with van der Waals surface area (Å²) in [5.41, 5.74) is 8.27. The number of carbonyl (C=O) groups is 1. The van der Waals surface area contributed by atoms with Gasteiger partial charge in [0.05, 0.1) is 0 Å². The van der Waals surface area contributed by atoms with E-state index in [1.165, 1.54) is 0 Å². The summed E-state index contributed by atoms with van der Waals surface area (Å²) in [6.07, 6.45) is 0. The highest BCUT2D eigenvalue weighted by Gasteiger charge is 2.14. The average Bonchev–Trinajstić information content (AvgIpc) is 2.72. The van der Waals surface area contributed by atoms with Gasteiger partial charge in [-0.15, -0.1) is 0 Å². The van der Waals surface area contributed by atoms with E-state index in [-0.39, 0.29) is 5.91 Å². The zero-order valence-corrected chi connectivity index (χ0v) is 10.2. The van der Waals surface area contributed by atoms with Gasteiger partial charge < -0.3 is 10.3 Å². The third-order valence-corrected chi connectivity index (χ3v) is 3.38. The smallest absolute Gasteiger partial charge is 0.249 e. The number of amides is 1. The largest absolute Gasteiger partial charge is 0.366 e. The first-order chi connectivity index (χ1) is 8.74. The Bertz CT molecular complexity index is 756. The van der Waals surface area contributed by atoms with Crippen molar-refractivity contribution in [2.24, 2.45) is 5.73 Å². The van der Waals surface area contributed by atoms with E-state index >= 15 is 0 Å². The molecular weight excluding hydrogens is 224 g/mol. The van der Waals surface area contributed by atoms with Crippen molar-refractivity contribution in [2.45, 2.75) is 13.5 Å². The van der Waals surface area contributed by atoms with E-state index in [1.807, 2.05) is 30.3 Å². The van der Waals surface area contributed by atoms with Gasteiger partial charge in [0, 0.05) is 33.9 Å². The first-order valence-corrected chi connectivity index (χ1v) is 6.03. The van der Waals surface area contributed by atoms with Crippen LogP contribution >= 0.6 is 0 Å². The molecule has 3 rings (SSSR count). The number of hydrogen-bond acceptors (Lipinski definition) is 1. The van der Waals surface area contributed by atoms with Gasteiger partial charge in [0.1, 0.15) is 0 Å². The van der Waals surface area contributed by atoms with Gasteiger partial charge in [-0.2, -0.15) is 0 Å². The van der Waals surface area contributed by atoms with E-state index in [9.17, 15) is 4.79 Å². The van der Waals surface area contributed by atoms with Crippen molar-refractivity contribution in [1.29, 1.82) is 0 Å². The second-order valence-electron chi connectivity index (χ2n) is 4.33. The number of benzene rings is 2. The number of nitrogens with two attached hydrogens (primary N) is 1. The van der Waals surface area contributed by atoms with Gasteiger partial charge in [-0.1, -0.05) is 24.3 Å². The van der Waals surface area contributed by atoms with Crippen molar-refractivity contribution in [3.05, 3.63) is 48.0 Å². The van der Waals surface area contributed by atoms with Crippen LogP contribution in [0.2, 0.25) is 0 Å². The highest BCUT2D eigenvalue weighted by molar-refractivity contribution is 6.17. The molecule has 2 N–H and O–H groups in total. The summed E-state index contributed by atoms with van der Waals surface area (Å²) in [7, 11) is 0. The number of aryl methyl sites for hydroxylation is 1. The van der Waals surface area contributed by atoms with E-state index < -0.39 is 0 Å². The third-order valence-electron chi connectivity index (χ3n) is 3.38. The van der Waals surface area contributed by atoms with Crippen LogP contribution in [-0.2, 0) is 6.54 Å². The molecule has 3 heteroatoms. The van der Waals surface area contributed by atoms with Crippen molar-refractivity contribution in [3.63, 3.8) is 0 Å². The molecule has 90 valence electrons. The minimum absolute atomic E-state index is 0.375. The van der Waals surface area contributed by atoms with Crippen molar-refractivity contribution in [3.8, 4) is 0 Å². The number of carbonyl (C=O) groups excluding carboxylic acids is 1. The molecule has 0 aliphatic carbocycles. The molecule has 0 saturated carbocycles. The minimum atomic E-state index is -0.375. The zero-order valence-electron chi connectivity index (χ0n) is 10.2. The SMILES string of the molecule is CCn1c2ccccc2c2c(C(N)=O)cccc21. The fourth-order valence-corrected chi connectivity index (χ4v) is 2.64. The summed E-state index contributed by atoms with van der Waals surface area (Å²) >= 11 is 0. The number of rotatable bonds is 2. The van der Waals surface area contributed by atoms with Crippen LogP contribution in [0.5, 0.6) is 0 Å². The van der Waals surface area contributed by atoms with E-state index in [1.54, 1.807) is 6.07 Å². The summed E-state index contributed by atoms with van der Waals surface area (Å²) in [4.78, 5) is 11.6. The molecule has 2 aromatic carbocycles. The molecule has 1 heterocycles. The van der Waals surface area contributed by atoms with Crippen LogP contribution in [0.4, 0.5) is 0 Å². The predicted molar refractivity (Wildman–Crippen MR) is 73.6 cm³/mol. The Kier molecular flexibility index (Phi) is 2.33. The lowest BCUT2D eigenvalue weighted by molar-refractivity contribution is 0.100. The maximum absolute atomic E-state index is 11.6. The normalized spacial score (nSPS) is 11.2. The molecule has 0 aliphatic heterocycles. The van der Waals surface area contributed by atoms with E-state index in [2.05, 4.69) is 17.6 Å². The molecule has 0 atom stereocenters. The Morgan fingerprint density at radius 2 is 1.83 bits per heavy atom. The first-order valence-electron chi connectivity index (χ1n) is 6.03. The monoisotopic (exact) mass is 238 g/mol. The topological polar surface area (TPSA) is 48.0 Å². The van der Waals surface area contributed by atoms with E-state index in [0.717, 1.165) is 28.4 Å². The fourth-order valence-electron chi connectivity index (χ4n) is 2.64. The molecular formula is C15H14N2O. The number of hydrogen-bond donors (Lipinski definition) is 1. The van der Waals surface area contributed by atoms with Crippen LogP contribution in [0, 0.1) is 0 Å². The van der Waals surface area contributed by atoms with Gasteiger partial charge in [0.25, 0.3) is 0 Å². The zero-order chi connectivity index (χ0) is 12.7. The van der Waals surface area contributed by atoms with E-state index in [4.69, 9.17) is 5.73 Å². The van der Waals surface area contributed by atoms with Gasteiger partial charge in [-0.25, -0.2) is 0 Å². The van der Waals surface area contributed by atoms with Crippen LogP contribution in [0.1, 0.15) is 17.3 Å². The third kappa shape index (κ3) is 1.34. The minimum Gasteiger partial charge on any atom is -0.366 e. The molecule has 3 aromatic rings. The first kappa shape index (κ1) is 10.8. The van der Waals surface area contributed by atoms with Crippen LogP contribution in [0.25, 0.3) is 21.8 Å². The molecule has 0 saturated heterocycles. The molecule has 0 spiro atoms. The molecule has 3 nitrogen and oxygen atoms in total. The lowest BCUT2D eigenvalue weighted by Gasteiger charge is -2.03. The van der Waals surface area contributed by atoms with Crippen molar-refractivity contribution in [2.75, 3.05) is 0 Å². The van der Waals surface area contributed by atoms with Crippen LogP contribution in [0.15, 0.2) is 42.5 Å². The molecule has 1 amide bonds. The maximum Gasteiger partial charge on any atom is 0.249 e. The predicted octanol–water partition coefficient (Wildman–Crippen LogP) is 2.91. The summed E-state index contributed by atoms with van der Waals surface area (Å²) in [6.45, 7) is 2.97. The molecule has 1 aromatic heterocycles. The highest BCUT2D eigenvalue weighted by atomic mass is 16.1. The quantitative estimate of drug-likeness (QED) is 0.733. The molecule has 0 unspecified atom stereocenters. The Balaban J connectivity index is 2.60. The summed E-state index contributed by atoms with van der Waals surface area (Å²) in [5.74, 6) is -0.375. The number of primary amides is 1. The maximum atomic E-state index is 11.6. The molecule has 18 heavy (non-hydrogen) atoms. The van der Waals surface area contributed by atoms with Crippen LogP contribution < -0.4 is 5.73 Å².